The Morgan fingerprint density at radius 1 is 1.45 bits per heavy atom. The Labute approximate surface area is 134 Å². The monoisotopic (exact) mass is 322 g/mol. The van der Waals surface area contributed by atoms with Gasteiger partial charge in [-0.25, -0.2) is 4.98 Å². The van der Waals surface area contributed by atoms with Gasteiger partial charge in [-0.1, -0.05) is 0 Å². The van der Waals surface area contributed by atoms with Crippen molar-refractivity contribution >= 4 is 23.2 Å². The summed E-state index contributed by atoms with van der Waals surface area (Å²) < 4.78 is 0. The molecule has 2 atom stereocenters. The van der Waals surface area contributed by atoms with Crippen molar-refractivity contribution in [3.05, 3.63) is 16.1 Å². The molecule has 1 aromatic heterocycles. The third-order valence-corrected chi connectivity index (χ3v) is 5.39. The molecule has 7 heteroatoms. The number of carbonyl (C=O) groups is 2. The minimum atomic E-state index is -0.0115. The first-order valence-corrected chi connectivity index (χ1v) is 8.48. The van der Waals surface area contributed by atoms with E-state index in [9.17, 15) is 9.59 Å². The summed E-state index contributed by atoms with van der Waals surface area (Å²) in [7, 11) is 3.46. The second-order valence-corrected chi connectivity index (χ2v) is 7.33. The van der Waals surface area contributed by atoms with Crippen LogP contribution >= 0.6 is 11.3 Å². The van der Waals surface area contributed by atoms with E-state index in [4.69, 9.17) is 0 Å². The van der Waals surface area contributed by atoms with Gasteiger partial charge in [0, 0.05) is 51.1 Å². The third kappa shape index (κ3) is 2.87. The van der Waals surface area contributed by atoms with Crippen LogP contribution in [0.4, 0.5) is 0 Å². The normalized spacial score (nSPS) is 24.9. The van der Waals surface area contributed by atoms with Gasteiger partial charge in [-0.3, -0.25) is 14.5 Å². The second kappa shape index (κ2) is 5.96. The molecule has 0 aliphatic carbocycles. The van der Waals surface area contributed by atoms with E-state index in [-0.39, 0.29) is 30.4 Å². The molecule has 2 fully saturated rings. The standard InChI is InChI=1S/C15H22N4O2S/c1-10-16-11(9-22-10)7-18-5-4-12-13(18)6-14(20)19(12)8-15(21)17(2)3/h9,12-13H,4-8H2,1-3H3/t12-,13-/m0/s1. The highest BCUT2D eigenvalue weighted by Gasteiger charge is 2.47. The SMILES string of the molecule is Cc1nc(CN2CC[C@H]3[C@@H]2CC(=O)N3CC(=O)N(C)C)cs1. The number of likely N-dealkylation sites (N-methyl/N-ethyl adjacent to an activating group) is 1. The quantitative estimate of drug-likeness (QED) is 0.819. The average molecular weight is 322 g/mol. The lowest BCUT2D eigenvalue weighted by Crippen LogP contribution is -2.43. The van der Waals surface area contributed by atoms with Crippen LogP contribution in [-0.2, 0) is 16.1 Å². The van der Waals surface area contributed by atoms with Gasteiger partial charge in [0.2, 0.25) is 11.8 Å². The molecule has 2 saturated heterocycles. The number of likely N-dealkylation sites (tertiary alicyclic amines) is 2. The lowest BCUT2D eigenvalue weighted by atomic mass is 10.1. The van der Waals surface area contributed by atoms with E-state index in [2.05, 4.69) is 15.3 Å². The van der Waals surface area contributed by atoms with E-state index in [1.54, 1.807) is 35.2 Å². The van der Waals surface area contributed by atoms with Crippen molar-refractivity contribution in [1.82, 2.24) is 19.7 Å². The van der Waals surface area contributed by atoms with Crippen LogP contribution in [0.25, 0.3) is 0 Å². The van der Waals surface area contributed by atoms with Gasteiger partial charge in [0.25, 0.3) is 0 Å². The molecule has 0 spiro atoms. The van der Waals surface area contributed by atoms with E-state index in [0.29, 0.717) is 6.42 Å². The van der Waals surface area contributed by atoms with Crippen LogP contribution < -0.4 is 0 Å². The predicted molar refractivity (Wildman–Crippen MR) is 84.5 cm³/mol. The highest BCUT2D eigenvalue weighted by molar-refractivity contribution is 7.09. The molecule has 1 aromatic rings. The number of carbonyl (C=O) groups excluding carboxylic acids is 2. The van der Waals surface area contributed by atoms with E-state index >= 15 is 0 Å². The number of aryl methyl sites for hydroxylation is 1. The fraction of sp³-hybridized carbons (Fsp3) is 0.667. The summed E-state index contributed by atoms with van der Waals surface area (Å²) in [6.07, 6.45) is 1.47. The Bertz CT molecular complexity index is 586. The van der Waals surface area contributed by atoms with Gasteiger partial charge in [0.1, 0.15) is 6.54 Å². The van der Waals surface area contributed by atoms with Crippen molar-refractivity contribution in [2.75, 3.05) is 27.2 Å². The van der Waals surface area contributed by atoms with Crippen LogP contribution in [0.15, 0.2) is 5.38 Å². The molecular weight excluding hydrogens is 300 g/mol. The lowest BCUT2D eigenvalue weighted by Gasteiger charge is -2.25. The van der Waals surface area contributed by atoms with Gasteiger partial charge < -0.3 is 9.80 Å². The van der Waals surface area contributed by atoms with Gasteiger partial charge in [-0.15, -0.1) is 11.3 Å². The number of aromatic nitrogens is 1. The number of rotatable bonds is 4. The van der Waals surface area contributed by atoms with Crippen LogP contribution in [-0.4, -0.2) is 70.8 Å². The molecule has 0 unspecified atom stereocenters. The molecule has 6 nitrogen and oxygen atoms in total. The van der Waals surface area contributed by atoms with Crippen LogP contribution in [0, 0.1) is 6.92 Å². The lowest BCUT2D eigenvalue weighted by molar-refractivity contribution is -0.138. The smallest absolute Gasteiger partial charge is 0.241 e. The highest BCUT2D eigenvalue weighted by atomic mass is 32.1. The molecule has 3 heterocycles. The molecular formula is C15H22N4O2S. The molecule has 22 heavy (non-hydrogen) atoms. The van der Waals surface area contributed by atoms with Crippen molar-refractivity contribution < 1.29 is 9.59 Å². The second-order valence-electron chi connectivity index (χ2n) is 6.27. The largest absolute Gasteiger partial charge is 0.347 e. The number of thiazole rings is 1. The highest BCUT2D eigenvalue weighted by Crippen LogP contribution is 2.33. The van der Waals surface area contributed by atoms with E-state index in [1.165, 1.54) is 0 Å². The summed E-state index contributed by atoms with van der Waals surface area (Å²) >= 11 is 1.66. The maximum Gasteiger partial charge on any atom is 0.241 e. The molecule has 0 aromatic carbocycles. The Hall–Kier alpha value is -1.47. The van der Waals surface area contributed by atoms with Crippen molar-refractivity contribution in [3.8, 4) is 0 Å². The Morgan fingerprint density at radius 3 is 2.86 bits per heavy atom. The van der Waals surface area contributed by atoms with E-state index in [1.807, 2.05) is 6.92 Å². The summed E-state index contributed by atoms with van der Waals surface area (Å²) in [4.78, 5) is 34.4. The summed E-state index contributed by atoms with van der Waals surface area (Å²) in [5.41, 5.74) is 1.08. The van der Waals surface area contributed by atoms with Crippen LogP contribution in [0.5, 0.6) is 0 Å². The summed E-state index contributed by atoms with van der Waals surface area (Å²) in [5, 5.41) is 3.17. The van der Waals surface area contributed by atoms with Gasteiger partial charge in [-0.05, 0) is 13.3 Å². The van der Waals surface area contributed by atoms with Crippen LogP contribution in [0.1, 0.15) is 23.5 Å². The van der Waals surface area contributed by atoms with E-state index < -0.39 is 0 Å². The predicted octanol–water partition coefficient (Wildman–Crippen LogP) is 0.715. The Morgan fingerprint density at radius 2 is 2.23 bits per heavy atom. The molecule has 3 rings (SSSR count). The van der Waals surface area contributed by atoms with Gasteiger partial charge >= 0.3 is 0 Å². The zero-order chi connectivity index (χ0) is 15.9. The molecule has 2 amide bonds. The first-order chi connectivity index (χ1) is 10.5. The molecule has 120 valence electrons. The van der Waals surface area contributed by atoms with Crippen LogP contribution in [0.2, 0.25) is 0 Å². The number of amides is 2. The summed E-state index contributed by atoms with van der Waals surface area (Å²) in [5.74, 6) is 0.0898. The molecule has 2 aliphatic heterocycles. The molecule has 2 aliphatic rings. The van der Waals surface area contributed by atoms with Crippen molar-refractivity contribution in [3.63, 3.8) is 0 Å². The van der Waals surface area contributed by atoms with Crippen molar-refractivity contribution in [2.45, 2.75) is 38.4 Å². The molecule has 0 N–H and O–H groups in total. The minimum absolute atomic E-state index is 0.0115. The third-order valence-electron chi connectivity index (χ3n) is 4.57. The zero-order valence-corrected chi connectivity index (χ0v) is 14.1. The fourth-order valence-electron chi connectivity index (χ4n) is 3.39. The van der Waals surface area contributed by atoms with Gasteiger partial charge in [-0.2, -0.15) is 0 Å². The number of fused-ring (bicyclic) bond motifs is 1. The first-order valence-electron chi connectivity index (χ1n) is 7.60. The molecule has 0 radical (unpaired) electrons. The zero-order valence-electron chi connectivity index (χ0n) is 13.3. The maximum atomic E-state index is 12.3. The fourth-order valence-corrected chi connectivity index (χ4v) is 3.99. The molecule has 0 bridgehead atoms. The number of hydrogen-bond acceptors (Lipinski definition) is 5. The first kappa shape index (κ1) is 15.4. The van der Waals surface area contributed by atoms with E-state index in [0.717, 1.165) is 30.2 Å². The number of nitrogens with zero attached hydrogens (tertiary/aromatic N) is 4. The van der Waals surface area contributed by atoms with Crippen molar-refractivity contribution in [1.29, 1.82) is 0 Å². The Kier molecular flexibility index (Phi) is 4.18. The average Bonchev–Trinajstić information content (AvgIpc) is 3.11. The Balaban J connectivity index is 1.67. The molecule has 0 saturated carbocycles. The maximum absolute atomic E-state index is 12.3. The summed E-state index contributed by atoms with van der Waals surface area (Å²) in [6.45, 7) is 3.98. The van der Waals surface area contributed by atoms with Gasteiger partial charge in [0.05, 0.1) is 10.7 Å². The number of hydrogen-bond donors (Lipinski definition) is 0. The minimum Gasteiger partial charge on any atom is -0.347 e. The van der Waals surface area contributed by atoms with Crippen molar-refractivity contribution in [2.24, 2.45) is 0 Å². The summed E-state index contributed by atoms with van der Waals surface area (Å²) in [6, 6.07) is 0.403. The topological polar surface area (TPSA) is 56.8 Å². The van der Waals surface area contributed by atoms with Gasteiger partial charge in [0.15, 0.2) is 0 Å². The van der Waals surface area contributed by atoms with Crippen LogP contribution in [0.3, 0.4) is 0 Å².